The number of methoxy groups -OCH3 is 1. The second-order valence-corrected chi connectivity index (χ2v) is 4.98. The summed E-state index contributed by atoms with van der Waals surface area (Å²) in [6, 6.07) is 11.5. The first-order valence-electron chi connectivity index (χ1n) is 6.39. The minimum absolute atomic E-state index is 0.644. The van der Waals surface area contributed by atoms with Crippen molar-refractivity contribution in [3.63, 3.8) is 0 Å². The molecule has 3 nitrogen and oxygen atoms in total. The molecule has 0 spiro atoms. The summed E-state index contributed by atoms with van der Waals surface area (Å²) in [5.74, 6) is 2.12. The number of nitrogens with one attached hydrogen (secondary N) is 1. The third kappa shape index (κ3) is 3.44. The molecule has 0 aliphatic carbocycles. The normalized spacial score (nSPS) is 10.4. The average Bonchev–Trinajstić information content (AvgIpc) is 2.44. The highest BCUT2D eigenvalue weighted by molar-refractivity contribution is 6.30. The van der Waals surface area contributed by atoms with Crippen molar-refractivity contribution in [1.82, 2.24) is 5.32 Å². The van der Waals surface area contributed by atoms with Crippen LogP contribution < -0.4 is 14.8 Å². The van der Waals surface area contributed by atoms with E-state index in [2.05, 4.69) is 5.32 Å². The van der Waals surface area contributed by atoms with Gasteiger partial charge in [0.25, 0.3) is 0 Å². The number of hydrogen-bond donors (Lipinski definition) is 1. The van der Waals surface area contributed by atoms with E-state index >= 15 is 0 Å². The van der Waals surface area contributed by atoms with Crippen molar-refractivity contribution in [3.8, 4) is 17.2 Å². The van der Waals surface area contributed by atoms with E-state index < -0.39 is 0 Å². The Kier molecular flexibility index (Phi) is 4.88. The van der Waals surface area contributed by atoms with Crippen LogP contribution in [0.1, 0.15) is 11.1 Å². The molecule has 0 saturated heterocycles. The van der Waals surface area contributed by atoms with Gasteiger partial charge in [0.15, 0.2) is 11.5 Å². The smallest absolute Gasteiger partial charge is 0.169 e. The molecule has 0 unspecified atom stereocenters. The first-order valence-corrected chi connectivity index (χ1v) is 6.77. The largest absolute Gasteiger partial charge is 0.493 e. The molecule has 0 atom stereocenters. The molecule has 2 rings (SSSR count). The van der Waals surface area contributed by atoms with Gasteiger partial charge >= 0.3 is 0 Å². The Morgan fingerprint density at radius 1 is 1.05 bits per heavy atom. The molecular formula is C16H18ClNO2. The summed E-state index contributed by atoms with van der Waals surface area (Å²) in [6.07, 6.45) is 0. The topological polar surface area (TPSA) is 30.5 Å². The second kappa shape index (κ2) is 6.64. The predicted molar refractivity (Wildman–Crippen MR) is 82.0 cm³/mol. The zero-order valence-electron chi connectivity index (χ0n) is 11.9. The quantitative estimate of drug-likeness (QED) is 0.897. The molecule has 20 heavy (non-hydrogen) atoms. The van der Waals surface area contributed by atoms with Crippen molar-refractivity contribution >= 4 is 11.6 Å². The van der Waals surface area contributed by atoms with Crippen LogP contribution in [-0.4, -0.2) is 14.2 Å². The molecule has 0 aromatic heterocycles. The van der Waals surface area contributed by atoms with Crippen molar-refractivity contribution in [2.75, 3.05) is 14.2 Å². The second-order valence-electron chi connectivity index (χ2n) is 4.54. The van der Waals surface area contributed by atoms with Gasteiger partial charge in [-0.05, 0) is 43.8 Å². The van der Waals surface area contributed by atoms with Crippen molar-refractivity contribution in [3.05, 3.63) is 52.5 Å². The lowest BCUT2D eigenvalue weighted by Gasteiger charge is -2.14. The fourth-order valence-corrected chi connectivity index (χ4v) is 2.10. The minimum Gasteiger partial charge on any atom is -0.493 e. The van der Waals surface area contributed by atoms with Crippen LogP contribution in [0.15, 0.2) is 36.4 Å². The predicted octanol–water partition coefficient (Wildman–Crippen LogP) is 4.17. The zero-order chi connectivity index (χ0) is 14.5. The van der Waals surface area contributed by atoms with Gasteiger partial charge in [0, 0.05) is 17.1 Å². The molecule has 0 aliphatic heterocycles. The van der Waals surface area contributed by atoms with Crippen LogP contribution in [0, 0.1) is 6.92 Å². The number of ether oxygens (including phenoxy) is 2. The Morgan fingerprint density at radius 3 is 2.55 bits per heavy atom. The molecule has 0 heterocycles. The summed E-state index contributed by atoms with van der Waals surface area (Å²) in [6.45, 7) is 2.72. The van der Waals surface area contributed by atoms with Crippen molar-refractivity contribution < 1.29 is 9.47 Å². The third-order valence-corrected chi connectivity index (χ3v) is 3.17. The first kappa shape index (κ1) is 14.7. The van der Waals surface area contributed by atoms with E-state index in [9.17, 15) is 0 Å². The maximum Gasteiger partial charge on any atom is 0.169 e. The molecule has 0 amide bonds. The van der Waals surface area contributed by atoms with Gasteiger partial charge in [-0.25, -0.2) is 0 Å². The van der Waals surface area contributed by atoms with Crippen LogP contribution in [0.25, 0.3) is 0 Å². The van der Waals surface area contributed by atoms with Crippen molar-refractivity contribution in [1.29, 1.82) is 0 Å². The summed E-state index contributed by atoms with van der Waals surface area (Å²) in [4.78, 5) is 0. The molecular weight excluding hydrogens is 274 g/mol. The molecule has 0 aliphatic rings. The van der Waals surface area contributed by atoms with Crippen LogP contribution in [0.3, 0.4) is 0 Å². The summed E-state index contributed by atoms with van der Waals surface area (Å²) in [5, 5.41) is 3.76. The highest BCUT2D eigenvalue weighted by atomic mass is 35.5. The molecule has 0 fully saturated rings. The van der Waals surface area contributed by atoms with Gasteiger partial charge in [0.1, 0.15) is 5.75 Å². The lowest BCUT2D eigenvalue weighted by molar-refractivity contribution is 0.377. The van der Waals surface area contributed by atoms with Crippen LogP contribution in [0.5, 0.6) is 17.2 Å². The average molecular weight is 292 g/mol. The van der Waals surface area contributed by atoms with Crippen LogP contribution in [-0.2, 0) is 6.54 Å². The van der Waals surface area contributed by atoms with E-state index in [0.29, 0.717) is 23.1 Å². The summed E-state index contributed by atoms with van der Waals surface area (Å²) in [7, 11) is 3.53. The summed E-state index contributed by atoms with van der Waals surface area (Å²) < 4.78 is 11.3. The third-order valence-electron chi connectivity index (χ3n) is 2.94. The van der Waals surface area contributed by atoms with Gasteiger partial charge < -0.3 is 14.8 Å². The van der Waals surface area contributed by atoms with Crippen LogP contribution in [0.2, 0.25) is 5.02 Å². The number of aryl methyl sites for hydroxylation is 1. The zero-order valence-corrected chi connectivity index (χ0v) is 12.6. The maximum absolute atomic E-state index is 6.05. The van der Waals surface area contributed by atoms with Crippen LogP contribution >= 0.6 is 11.6 Å². The molecule has 2 aromatic rings. The summed E-state index contributed by atoms with van der Waals surface area (Å²) in [5.41, 5.74) is 2.16. The van der Waals surface area contributed by atoms with E-state index in [1.54, 1.807) is 7.11 Å². The van der Waals surface area contributed by atoms with Gasteiger partial charge in [0.2, 0.25) is 0 Å². The first-order chi connectivity index (χ1) is 9.63. The monoisotopic (exact) mass is 291 g/mol. The Morgan fingerprint density at radius 2 is 1.85 bits per heavy atom. The molecule has 106 valence electrons. The Labute approximate surface area is 124 Å². The van der Waals surface area contributed by atoms with Gasteiger partial charge in [-0.2, -0.15) is 0 Å². The van der Waals surface area contributed by atoms with Gasteiger partial charge in [-0.15, -0.1) is 0 Å². The molecule has 2 aromatic carbocycles. The fraction of sp³-hybridized carbons (Fsp3) is 0.250. The highest BCUT2D eigenvalue weighted by Gasteiger charge is 2.10. The van der Waals surface area contributed by atoms with Gasteiger partial charge in [-0.1, -0.05) is 23.7 Å². The van der Waals surface area contributed by atoms with E-state index in [4.69, 9.17) is 21.1 Å². The van der Waals surface area contributed by atoms with E-state index in [1.807, 2.05) is 50.4 Å². The highest BCUT2D eigenvalue weighted by Crippen LogP contribution is 2.34. The molecule has 4 heteroatoms. The fourth-order valence-electron chi connectivity index (χ4n) is 1.94. The Balaban J connectivity index is 2.36. The lowest BCUT2D eigenvalue weighted by Crippen LogP contribution is -2.06. The number of halogens is 1. The standard InChI is InChI=1S/C16H18ClNO2/c1-11-4-7-14(16(8-11)19-3)20-15-9-13(17)6-5-12(15)10-18-2/h4-9,18H,10H2,1-3H3. The van der Waals surface area contributed by atoms with E-state index in [0.717, 1.165) is 16.9 Å². The van der Waals surface area contributed by atoms with Gasteiger partial charge in [0.05, 0.1) is 7.11 Å². The van der Waals surface area contributed by atoms with Crippen molar-refractivity contribution in [2.24, 2.45) is 0 Å². The Hall–Kier alpha value is -1.71. The van der Waals surface area contributed by atoms with Crippen LogP contribution in [0.4, 0.5) is 0 Å². The molecule has 0 radical (unpaired) electrons. The number of hydrogen-bond acceptors (Lipinski definition) is 3. The van der Waals surface area contributed by atoms with E-state index in [-0.39, 0.29) is 0 Å². The number of benzene rings is 2. The SMILES string of the molecule is CNCc1ccc(Cl)cc1Oc1ccc(C)cc1OC. The maximum atomic E-state index is 6.05. The molecule has 0 bridgehead atoms. The molecule has 1 N–H and O–H groups in total. The molecule has 0 saturated carbocycles. The summed E-state index contributed by atoms with van der Waals surface area (Å²) >= 11 is 6.05. The Bertz CT molecular complexity index is 599. The lowest BCUT2D eigenvalue weighted by atomic mass is 10.2. The minimum atomic E-state index is 0.644. The number of rotatable bonds is 5. The van der Waals surface area contributed by atoms with E-state index in [1.165, 1.54) is 0 Å². The van der Waals surface area contributed by atoms with Gasteiger partial charge in [-0.3, -0.25) is 0 Å². The van der Waals surface area contributed by atoms with Crippen molar-refractivity contribution in [2.45, 2.75) is 13.5 Å².